The van der Waals surface area contributed by atoms with Crippen molar-refractivity contribution in [2.24, 2.45) is 0 Å². The summed E-state index contributed by atoms with van der Waals surface area (Å²) in [5, 5.41) is 0. The molecule has 1 heteroatoms. The SMILES string of the molecule is CCC.CCc1c(C)c(C)nc(C)c1C. The van der Waals surface area contributed by atoms with E-state index >= 15 is 0 Å². The zero-order chi connectivity index (χ0) is 12.0. The molecule has 0 spiro atoms. The number of pyridine rings is 1. The van der Waals surface area contributed by atoms with Crippen LogP contribution in [0.25, 0.3) is 0 Å². The van der Waals surface area contributed by atoms with Crippen LogP contribution in [0.15, 0.2) is 0 Å². The van der Waals surface area contributed by atoms with E-state index in [2.05, 4.69) is 53.5 Å². The first-order chi connectivity index (χ1) is 6.99. The van der Waals surface area contributed by atoms with Crippen LogP contribution in [0.5, 0.6) is 0 Å². The molecule has 1 rings (SSSR count). The molecule has 0 radical (unpaired) electrons. The van der Waals surface area contributed by atoms with E-state index in [-0.39, 0.29) is 0 Å². The lowest BCUT2D eigenvalue weighted by atomic mass is 9.99. The lowest BCUT2D eigenvalue weighted by molar-refractivity contribution is 0.981. The maximum Gasteiger partial charge on any atom is 0.0407 e. The molecule has 0 fully saturated rings. The molecule has 0 atom stereocenters. The monoisotopic (exact) mass is 207 g/mol. The molecule has 1 aromatic heterocycles. The summed E-state index contributed by atoms with van der Waals surface area (Å²) in [5.41, 5.74) is 6.55. The van der Waals surface area contributed by atoms with Gasteiger partial charge in [-0.3, -0.25) is 4.98 Å². The quantitative estimate of drug-likeness (QED) is 0.669. The van der Waals surface area contributed by atoms with Gasteiger partial charge in [-0.05, 0) is 50.8 Å². The second-order valence-electron chi connectivity index (χ2n) is 4.07. The van der Waals surface area contributed by atoms with E-state index < -0.39 is 0 Å². The minimum Gasteiger partial charge on any atom is -0.258 e. The lowest BCUT2D eigenvalue weighted by Crippen LogP contribution is -2.01. The molecule has 1 aromatic rings. The Balaban J connectivity index is 0.000000583. The average Bonchev–Trinajstić information content (AvgIpc) is 2.17. The highest BCUT2D eigenvalue weighted by Gasteiger charge is 2.06. The van der Waals surface area contributed by atoms with Crippen LogP contribution >= 0.6 is 0 Å². The fraction of sp³-hybridized carbons (Fsp3) is 0.643. The minimum absolute atomic E-state index is 1.11. The van der Waals surface area contributed by atoms with Gasteiger partial charge in [-0.25, -0.2) is 0 Å². The molecule has 86 valence electrons. The van der Waals surface area contributed by atoms with Crippen LogP contribution in [0.2, 0.25) is 0 Å². The largest absolute Gasteiger partial charge is 0.258 e. The molecule has 0 amide bonds. The molecule has 0 bridgehead atoms. The second kappa shape index (κ2) is 6.60. The van der Waals surface area contributed by atoms with Crippen LogP contribution in [-0.4, -0.2) is 4.98 Å². The summed E-state index contributed by atoms with van der Waals surface area (Å²) in [5.74, 6) is 0. The summed E-state index contributed by atoms with van der Waals surface area (Å²) < 4.78 is 0. The highest BCUT2D eigenvalue weighted by Crippen LogP contribution is 2.18. The normalized spacial score (nSPS) is 9.53. The molecule has 15 heavy (non-hydrogen) atoms. The number of rotatable bonds is 1. The molecule has 0 aromatic carbocycles. The smallest absolute Gasteiger partial charge is 0.0407 e. The van der Waals surface area contributed by atoms with Crippen molar-refractivity contribution in [3.8, 4) is 0 Å². The summed E-state index contributed by atoms with van der Waals surface area (Å²) in [6, 6.07) is 0. The molecule has 0 saturated carbocycles. The summed E-state index contributed by atoms with van der Waals surface area (Å²) in [7, 11) is 0. The van der Waals surface area contributed by atoms with Crippen molar-refractivity contribution in [3.05, 3.63) is 28.1 Å². The van der Waals surface area contributed by atoms with Gasteiger partial charge in [0.25, 0.3) is 0 Å². The number of hydrogen-bond acceptors (Lipinski definition) is 1. The van der Waals surface area contributed by atoms with Crippen LogP contribution in [-0.2, 0) is 6.42 Å². The van der Waals surface area contributed by atoms with Gasteiger partial charge in [0.15, 0.2) is 0 Å². The van der Waals surface area contributed by atoms with E-state index in [1.807, 2.05) is 0 Å². The van der Waals surface area contributed by atoms with Gasteiger partial charge in [0, 0.05) is 11.4 Å². The zero-order valence-corrected chi connectivity index (χ0v) is 11.4. The van der Waals surface area contributed by atoms with E-state index in [1.54, 1.807) is 0 Å². The van der Waals surface area contributed by atoms with E-state index in [1.165, 1.54) is 34.5 Å². The van der Waals surface area contributed by atoms with E-state index in [4.69, 9.17) is 0 Å². The Hall–Kier alpha value is -0.850. The van der Waals surface area contributed by atoms with E-state index in [9.17, 15) is 0 Å². The molecule has 0 aliphatic rings. The zero-order valence-electron chi connectivity index (χ0n) is 11.4. The number of hydrogen-bond donors (Lipinski definition) is 0. The molecular weight excluding hydrogens is 182 g/mol. The molecule has 1 nitrogen and oxygen atoms in total. The standard InChI is InChI=1S/C11H17N.C3H8/c1-6-11-7(2)9(4)12-10(5)8(11)3;1-3-2/h6H2,1-5H3;3H2,1-2H3. The van der Waals surface area contributed by atoms with Crippen molar-refractivity contribution in [1.29, 1.82) is 0 Å². The predicted molar refractivity (Wildman–Crippen MR) is 68.5 cm³/mol. The van der Waals surface area contributed by atoms with Crippen molar-refractivity contribution in [3.63, 3.8) is 0 Å². The molecule has 0 aliphatic carbocycles. The van der Waals surface area contributed by atoms with Gasteiger partial charge < -0.3 is 0 Å². The third-order valence-corrected chi connectivity index (χ3v) is 2.68. The van der Waals surface area contributed by atoms with Crippen LogP contribution in [0.1, 0.15) is 55.3 Å². The second-order valence-corrected chi connectivity index (χ2v) is 4.07. The Kier molecular flexibility index (Phi) is 6.23. The van der Waals surface area contributed by atoms with Crippen LogP contribution in [0.3, 0.4) is 0 Å². The van der Waals surface area contributed by atoms with Crippen molar-refractivity contribution >= 4 is 0 Å². The average molecular weight is 207 g/mol. The van der Waals surface area contributed by atoms with Gasteiger partial charge in [-0.2, -0.15) is 0 Å². The van der Waals surface area contributed by atoms with Gasteiger partial charge in [-0.15, -0.1) is 0 Å². The Labute approximate surface area is 94.9 Å². The highest BCUT2D eigenvalue weighted by atomic mass is 14.7. The molecular formula is C14H25N. The van der Waals surface area contributed by atoms with Crippen molar-refractivity contribution < 1.29 is 0 Å². The lowest BCUT2D eigenvalue weighted by Gasteiger charge is -2.12. The first-order valence-corrected chi connectivity index (χ1v) is 5.92. The fourth-order valence-corrected chi connectivity index (χ4v) is 1.67. The van der Waals surface area contributed by atoms with Gasteiger partial charge in [0.2, 0.25) is 0 Å². The third kappa shape index (κ3) is 3.65. The summed E-state index contributed by atoms with van der Waals surface area (Å²) in [6.45, 7) is 14.9. The topological polar surface area (TPSA) is 12.9 Å². The Morgan fingerprint density at radius 1 is 0.800 bits per heavy atom. The van der Waals surface area contributed by atoms with Crippen molar-refractivity contribution in [2.75, 3.05) is 0 Å². The number of aromatic nitrogens is 1. The third-order valence-electron chi connectivity index (χ3n) is 2.68. The Bertz CT molecular complexity index is 287. The van der Waals surface area contributed by atoms with Gasteiger partial charge >= 0.3 is 0 Å². The van der Waals surface area contributed by atoms with E-state index in [0.29, 0.717) is 0 Å². The summed E-state index contributed by atoms with van der Waals surface area (Å²) in [4.78, 5) is 4.48. The summed E-state index contributed by atoms with van der Waals surface area (Å²) >= 11 is 0. The van der Waals surface area contributed by atoms with Gasteiger partial charge in [0.05, 0.1) is 0 Å². The Morgan fingerprint density at radius 3 is 1.40 bits per heavy atom. The molecule has 0 unspecified atom stereocenters. The van der Waals surface area contributed by atoms with E-state index in [0.717, 1.165) is 6.42 Å². The van der Waals surface area contributed by atoms with Crippen LogP contribution in [0, 0.1) is 27.7 Å². The predicted octanol–water partition coefficient (Wildman–Crippen LogP) is 4.29. The number of aryl methyl sites for hydroxylation is 2. The maximum atomic E-state index is 4.48. The molecule has 0 saturated heterocycles. The molecule has 0 aliphatic heterocycles. The van der Waals surface area contributed by atoms with Gasteiger partial charge in [0.1, 0.15) is 0 Å². The molecule has 1 heterocycles. The fourth-order valence-electron chi connectivity index (χ4n) is 1.67. The van der Waals surface area contributed by atoms with Crippen LogP contribution in [0.4, 0.5) is 0 Å². The first-order valence-electron chi connectivity index (χ1n) is 5.92. The highest BCUT2D eigenvalue weighted by molar-refractivity contribution is 5.38. The first kappa shape index (κ1) is 14.2. The minimum atomic E-state index is 1.11. The molecule has 0 N–H and O–H groups in total. The number of nitrogens with zero attached hydrogens (tertiary/aromatic N) is 1. The maximum absolute atomic E-state index is 4.48. The van der Waals surface area contributed by atoms with Gasteiger partial charge in [-0.1, -0.05) is 27.2 Å². The summed E-state index contributed by atoms with van der Waals surface area (Å²) in [6.07, 6.45) is 2.36. The van der Waals surface area contributed by atoms with Crippen molar-refractivity contribution in [1.82, 2.24) is 4.98 Å². The van der Waals surface area contributed by atoms with Crippen LogP contribution < -0.4 is 0 Å². The Morgan fingerprint density at radius 2 is 1.13 bits per heavy atom. The van der Waals surface area contributed by atoms with Crippen molar-refractivity contribution in [2.45, 2.75) is 61.3 Å².